The molecule has 6 rings (SSSR count). The second-order valence-corrected chi connectivity index (χ2v) is 8.49. The van der Waals surface area contributed by atoms with Gasteiger partial charge in [-0.3, -0.25) is 14.7 Å². The number of amides is 1. The van der Waals surface area contributed by atoms with Crippen LogP contribution in [0.3, 0.4) is 0 Å². The highest BCUT2D eigenvalue weighted by molar-refractivity contribution is 6.04. The molecule has 8 heteroatoms. The first-order valence-corrected chi connectivity index (χ1v) is 11.6. The minimum absolute atomic E-state index is 0.314. The third-order valence-corrected chi connectivity index (χ3v) is 5.90. The number of anilines is 1. The quantitative estimate of drug-likeness (QED) is 0.220. The molecule has 0 aliphatic carbocycles. The van der Waals surface area contributed by atoms with E-state index in [0.29, 0.717) is 34.2 Å². The molecule has 1 amide bonds. The van der Waals surface area contributed by atoms with Gasteiger partial charge in [0.25, 0.3) is 5.91 Å². The summed E-state index contributed by atoms with van der Waals surface area (Å²) in [5.41, 5.74) is 4.72. The van der Waals surface area contributed by atoms with Crippen LogP contribution in [0.5, 0.6) is 5.75 Å². The van der Waals surface area contributed by atoms with E-state index in [4.69, 9.17) is 14.1 Å². The number of rotatable bonds is 5. The van der Waals surface area contributed by atoms with Gasteiger partial charge in [0.1, 0.15) is 17.0 Å². The highest BCUT2D eigenvalue weighted by Crippen LogP contribution is 2.33. The number of carbonyl (C=O) groups excluding carboxylic acids is 2. The van der Waals surface area contributed by atoms with Crippen molar-refractivity contribution in [3.8, 4) is 28.5 Å². The number of aromatic amines is 1. The molecule has 2 aromatic heterocycles. The van der Waals surface area contributed by atoms with Crippen LogP contribution >= 0.6 is 0 Å². The first-order chi connectivity index (χ1) is 18.0. The lowest BCUT2D eigenvalue weighted by atomic mass is 10.1. The van der Waals surface area contributed by atoms with Gasteiger partial charge >= 0.3 is 5.97 Å². The van der Waals surface area contributed by atoms with Crippen LogP contribution in [-0.4, -0.2) is 27.1 Å². The van der Waals surface area contributed by atoms with Gasteiger partial charge in [-0.25, -0.2) is 4.98 Å². The van der Waals surface area contributed by atoms with Gasteiger partial charge < -0.3 is 14.5 Å². The number of benzene rings is 4. The number of hydrogen-bond acceptors (Lipinski definition) is 6. The van der Waals surface area contributed by atoms with E-state index in [1.807, 2.05) is 48.5 Å². The van der Waals surface area contributed by atoms with Crippen molar-refractivity contribution in [2.24, 2.45) is 0 Å². The molecule has 0 atom stereocenters. The van der Waals surface area contributed by atoms with E-state index >= 15 is 0 Å². The van der Waals surface area contributed by atoms with Crippen molar-refractivity contribution in [1.82, 2.24) is 15.2 Å². The Bertz CT molecular complexity index is 1730. The lowest BCUT2D eigenvalue weighted by Crippen LogP contribution is -2.12. The second-order valence-electron chi connectivity index (χ2n) is 8.49. The minimum Gasteiger partial charge on any atom is -0.436 e. The Morgan fingerprint density at radius 1 is 0.919 bits per heavy atom. The third-order valence-electron chi connectivity index (χ3n) is 5.90. The normalized spacial score (nSPS) is 11.1. The summed E-state index contributed by atoms with van der Waals surface area (Å²) >= 11 is 0. The van der Waals surface area contributed by atoms with Crippen LogP contribution in [0.4, 0.5) is 5.69 Å². The molecule has 0 aliphatic rings. The van der Waals surface area contributed by atoms with E-state index in [9.17, 15) is 9.59 Å². The fraction of sp³-hybridized carbons (Fsp3) is 0.0345. The van der Waals surface area contributed by atoms with Gasteiger partial charge in [0.2, 0.25) is 5.89 Å². The maximum atomic E-state index is 12.7. The standard InChI is InChI=1S/C29H20N4O4/c1-17(34)36-23-8-4-7-21(13-23)28(35)31-22-11-9-18(10-12-22)27-24(16-30-33-27)29-32-25-14-19-5-2-3-6-20(19)15-26(25)37-29/h2-16H,1H3,(H,30,33)(H,31,35). The third kappa shape index (κ3) is 4.43. The summed E-state index contributed by atoms with van der Waals surface area (Å²) in [6, 6.07) is 25.8. The minimum atomic E-state index is -0.447. The molecule has 0 aliphatic heterocycles. The van der Waals surface area contributed by atoms with E-state index in [1.165, 1.54) is 13.0 Å². The van der Waals surface area contributed by atoms with Crippen molar-refractivity contribution in [2.75, 3.05) is 5.32 Å². The predicted molar refractivity (Wildman–Crippen MR) is 140 cm³/mol. The molecule has 4 aromatic carbocycles. The van der Waals surface area contributed by atoms with E-state index in [-0.39, 0.29) is 5.91 Å². The summed E-state index contributed by atoms with van der Waals surface area (Å²) in [6.45, 7) is 1.31. The number of ether oxygens (including phenoxy) is 1. The first-order valence-electron chi connectivity index (χ1n) is 11.6. The first kappa shape index (κ1) is 22.2. The number of fused-ring (bicyclic) bond motifs is 2. The molecule has 0 fully saturated rings. The molecule has 0 saturated heterocycles. The van der Waals surface area contributed by atoms with Crippen LogP contribution in [0, 0.1) is 0 Å². The largest absolute Gasteiger partial charge is 0.436 e. The number of esters is 1. The average Bonchev–Trinajstić information content (AvgIpc) is 3.54. The Morgan fingerprint density at radius 3 is 2.49 bits per heavy atom. The maximum Gasteiger partial charge on any atom is 0.308 e. The molecule has 0 spiro atoms. The van der Waals surface area contributed by atoms with E-state index in [1.54, 1.807) is 36.5 Å². The molecule has 0 bridgehead atoms. The Morgan fingerprint density at radius 2 is 1.70 bits per heavy atom. The Hall–Kier alpha value is -5.24. The molecular weight excluding hydrogens is 468 g/mol. The number of carbonyl (C=O) groups is 2. The lowest BCUT2D eigenvalue weighted by molar-refractivity contribution is -0.131. The maximum absolute atomic E-state index is 12.7. The summed E-state index contributed by atoms with van der Waals surface area (Å²) in [7, 11) is 0. The van der Waals surface area contributed by atoms with Gasteiger partial charge in [-0.15, -0.1) is 0 Å². The zero-order valence-corrected chi connectivity index (χ0v) is 19.7. The molecule has 180 valence electrons. The SMILES string of the molecule is CC(=O)Oc1cccc(C(=O)Nc2ccc(-c3n[nH]cc3-c3nc4cc5ccccc5cc4o3)cc2)c1. The van der Waals surface area contributed by atoms with Crippen molar-refractivity contribution in [1.29, 1.82) is 0 Å². The molecule has 2 heterocycles. The van der Waals surface area contributed by atoms with E-state index < -0.39 is 5.97 Å². The van der Waals surface area contributed by atoms with Crippen LogP contribution in [0.2, 0.25) is 0 Å². The van der Waals surface area contributed by atoms with Crippen molar-refractivity contribution < 1.29 is 18.7 Å². The molecule has 0 radical (unpaired) electrons. The molecule has 8 nitrogen and oxygen atoms in total. The molecule has 0 unspecified atom stereocenters. The number of nitrogens with zero attached hydrogens (tertiary/aromatic N) is 2. The Balaban J connectivity index is 1.24. The number of aromatic nitrogens is 3. The average molecular weight is 489 g/mol. The summed E-state index contributed by atoms with van der Waals surface area (Å²) < 4.78 is 11.1. The number of nitrogens with one attached hydrogen (secondary N) is 2. The molecule has 0 saturated carbocycles. The number of H-pyrrole nitrogens is 1. The summed E-state index contributed by atoms with van der Waals surface area (Å²) in [6.07, 6.45) is 1.76. The monoisotopic (exact) mass is 488 g/mol. The topological polar surface area (TPSA) is 110 Å². The Labute approximate surface area is 210 Å². The Kier molecular flexibility index (Phi) is 5.46. The molecule has 6 aromatic rings. The van der Waals surface area contributed by atoms with Crippen LogP contribution < -0.4 is 10.1 Å². The van der Waals surface area contributed by atoms with Gasteiger partial charge in [-0.2, -0.15) is 5.10 Å². The lowest BCUT2D eigenvalue weighted by Gasteiger charge is -2.08. The molecule has 2 N–H and O–H groups in total. The second kappa shape index (κ2) is 9.09. The van der Waals surface area contributed by atoms with Crippen molar-refractivity contribution >= 4 is 39.4 Å². The van der Waals surface area contributed by atoms with Crippen LogP contribution in [-0.2, 0) is 4.79 Å². The van der Waals surface area contributed by atoms with Crippen LogP contribution in [0.1, 0.15) is 17.3 Å². The fourth-order valence-corrected chi connectivity index (χ4v) is 4.18. The van der Waals surface area contributed by atoms with Gasteiger partial charge in [0.05, 0.1) is 5.56 Å². The zero-order valence-electron chi connectivity index (χ0n) is 19.7. The summed E-state index contributed by atoms with van der Waals surface area (Å²) in [4.78, 5) is 28.6. The summed E-state index contributed by atoms with van der Waals surface area (Å²) in [5.74, 6) is 0.0196. The fourth-order valence-electron chi connectivity index (χ4n) is 4.18. The van der Waals surface area contributed by atoms with Crippen LogP contribution in [0.15, 0.2) is 95.5 Å². The van der Waals surface area contributed by atoms with Gasteiger partial charge in [0.15, 0.2) is 5.58 Å². The summed E-state index contributed by atoms with van der Waals surface area (Å²) in [5, 5.41) is 12.3. The predicted octanol–water partition coefficient (Wildman–Crippen LogP) is 6.22. The highest BCUT2D eigenvalue weighted by Gasteiger charge is 2.17. The zero-order chi connectivity index (χ0) is 25.4. The van der Waals surface area contributed by atoms with Gasteiger partial charge in [-0.05, 0) is 53.2 Å². The smallest absolute Gasteiger partial charge is 0.308 e. The van der Waals surface area contributed by atoms with E-state index in [0.717, 1.165) is 27.4 Å². The highest BCUT2D eigenvalue weighted by atomic mass is 16.5. The number of oxazole rings is 1. The number of hydrogen-bond donors (Lipinski definition) is 2. The van der Waals surface area contributed by atoms with Crippen molar-refractivity contribution in [3.63, 3.8) is 0 Å². The van der Waals surface area contributed by atoms with Crippen molar-refractivity contribution in [2.45, 2.75) is 6.92 Å². The molecular formula is C29H20N4O4. The molecule has 37 heavy (non-hydrogen) atoms. The van der Waals surface area contributed by atoms with Crippen LogP contribution in [0.25, 0.3) is 44.6 Å². The van der Waals surface area contributed by atoms with Crippen molar-refractivity contribution in [3.05, 3.63) is 96.7 Å². The van der Waals surface area contributed by atoms with Gasteiger partial charge in [-0.1, -0.05) is 42.5 Å². The van der Waals surface area contributed by atoms with E-state index in [2.05, 4.69) is 15.5 Å². The van der Waals surface area contributed by atoms with Gasteiger partial charge in [0, 0.05) is 29.9 Å².